The minimum atomic E-state index is -0.313. The minimum Gasteiger partial charge on any atom is -0.390 e. The van der Waals surface area contributed by atoms with E-state index >= 15 is 0 Å². The zero-order chi connectivity index (χ0) is 10.3. The maximum absolute atomic E-state index is 9.74. The number of hydrogen-bond donors (Lipinski definition) is 2. The predicted molar refractivity (Wildman–Crippen MR) is 54.4 cm³/mol. The molecule has 0 bridgehead atoms. The third kappa shape index (κ3) is 1.35. The molecule has 1 unspecified atom stereocenters. The molecule has 1 aliphatic heterocycles. The molecule has 0 spiro atoms. The van der Waals surface area contributed by atoms with Crippen molar-refractivity contribution in [3.05, 3.63) is 17.0 Å². The van der Waals surface area contributed by atoms with E-state index in [1.807, 2.05) is 11.6 Å². The van der Waals surface area contributed by atoms with Crippen LogP contribution >= 0.6 is 0 Å². The number of rotatable bonds is 1. The summed E-state index contributed by atoms with van der Waals surface area (Å²) in [5.74, 6) is 0. The van der Waals surface area contributed by atoms with E-state index in [1.54, 1.807) is 0 Å². The molecule has 1 aromatic rings. The number of hydrogen-bond acceptors (Lipinski definition) is 3. The number of aryl methyl sites for hydroxylation is 1. The summed E-state index contributed by atoms with van der Waals surface area (Å²) < 4.78 is 1.95. The Morgan fingerprint density at radius 2 is 2.07 bits per heavy atom. The maximum Gasteiger partial charge on any atom is 0.0917 e. The molecule has 78 valence electrons. The number of β-amino-alcohol motifs (C(OH)–C–C–N with tert-alkyl or cyclic N) is 1. The van der Waals surface area contributed by atoms with E-state index in [2.05, 4.69) is 24.3 Å². The van der Waals surface area contributed by atoms with Gasteiger partial charge in [-0.3, -0.25) is 4.68 Å². The Balaban J connectivity index is 2.36. The van der Waals surface area contributed by atoms with Crippen LogP contribution in [-0.2, 0) is 0 Å². The smallest absolute Gasteiger partial charge is 0.0917 e. The second kappa shape index (κ2) is 3.37. The van der Waals surface area contributed by atoms with Crippen LogP contribution < -0.4 is 5.32 Å². The van der Waals surface area contributed by atoms with Gasteiger partial charge in [-0.25, -0.2) is 0 Å². The van der Waals surface area contributed by atoms with Crippen LogP contribution in [0, 0.1) is 20.8 Å². The molecule has 4 nitrogen and oxygen atoms in total. The first-order chi connectivity index (χ1) is 6.61. The van der Waals surface area contributed by atoms with E-state index in [1.165, 1.54) is 5.56 Å². The van der Waals surface area contributed by atoms with Crippen molar-refractivity contribution in [3.8, 4) is 0 Å². The van der Waals surface area contributed by atoms with Gasteiger partial charge in [0.1, 0.15) is 0 Å². The van der Waals surface area contributed by atoms with Crippen LogP contribution in [0.3, 0.4) is 0 Å². The Hall–Kier alpha value is -0.870. The summed E-state index contributed by atoms with van der Waals surface area (Å²) in [5, 5.41) is 17.4. The third-order valence-electron chi connectivity index (χ3n) is 3.15. The summed E-state index contributed by atoms with van der Waals surface area (Å²) in [7, 11) is 0. The highest BCUT2D eigenvalue weighted by Gasteiger charge is 2.28. The lowest BCUT2D eigenvalue weighted by molar-refractivity contribution is 0.143. The number of aromatic nitrogens is 2. The summed E-state index contributed by atoms with van der Waals surface area (Å²) in [6.45, 7) is 7.61. The van der Waals surface area contributed by atoms with Crippen molar-refractivity contribution < 1.29 is 5.11 Å². The SMILES string of the molecule is Cc1nn(C2CNC[C@H]2O)c(C)c1C. The molecule has 0 saturated carbocycles. The van der Waals surface area contributed by atoms with Crippen LogP contribution in [0.2, 0.25) is 0 Å². The molecule has 0 amide bonds. The largest absolute Gasteiger partial charge is 0.390 e. The van der Waals surface area contributed by atoms with Crippen molar-refractivity contribution in [1.82, 2.24) is 15.1 Å². The van der Waals surface area contributed by atoms with Gasteiger partial charge in [-0.1, -0.05) is 0 Å². The molecular formula is C10H17N3O. The highest BCUT2D eigenvalue weighted by molar-refractivity contribution is 5.23. The van der Waals surface area contributed by atoms with Gasteiger partial charge in [-0.2, -0.15) is 5.10 Å². The molecule has 2 heterocycles. The molecule has 4 heteroatoms. The van der Waals surface area contributed by atoms with Crippen LogP contribution in [0.1, 0.15) is 23.0 Å². The lowest BCUT2D eigenvalue weighted by Gasteiger charge is -2.15. The Morgan fingerprint density at radius 3 is 2.50 bits per heavy atom. The second-order valence-electron chi connectivity index (χ2n) is 4.03. The molecule has 1 saturated heterocycles. The fourth-order valence-corrected chi connectivity index (χ4v) is 1.97. The van der Waals surface area contributed by atoms with Gasteiger partial charge in [0.25, 0.3) is 0 Å². The first kappa shape index (κ1) is 9.68. The normalized spacial score (nSPS) is 27.1. The fraction of sp³-hybridized carbons (Fsp3) is 0.700. The first-order valence-electron chi connectivity index (χ1n) is 5.02. The van der Waals surface area contributed by atoms with Crippen LogP contribution in [0.5, 0.6) is 0 Å². The summed E-state index contributed by atoms with van der Waals surface area (Å²) in [6.07, 6.45) is -0.313. The third-order valence-corrected chi connectivity index (χ3v) is 3.15. The van der Waals surface area contributed by atoms with Gasteiger partial charge in [0.2, 0.25) is 0 Å². The Kier molecular flexibility index (Phi) is 2.33. The van der Waals surface area contributed by atoms with E-state index in [4.69, 9.17) is 0 Å². The lowest BCUT2D eigenvalue weighted by Crippen LogP contribution is -2.24. The zero-order valence-electron chi connectivity index (χ0n) is 8.91. The van der Waals surface area contributed by atoms with Crippen LogP contribution in [0.4, 0.5) is 0 Å². The molecule has 14 heavy (non-hydrogen) atoms. The monoisotopic (exact) mass is 195 g/mol. The molecule has 1 fully saturated rings. The molecule has 0 radical (unpaired) electrons. The van der Waals surface area contributed by atoms with Gasteiger partial charge >= 0.3 is 0 Å². The predicted octanol–water partition coefficient (Wildman–Crippen LogP) is 0.314. The Labute approximate surface area is 83.9 Å². The molecule has 1 aliphatic rings. The molecular weight excluding hydrogens is 178 g/mol. The maximum atomic E-state index is 9.74. The summed E-state index contributed by atoms with van der Waals surface area (Å²) in [4.78, 5) is 0. The van der Waals surface area contributed by atoms with Crippen molar-refractivity contribution in [3.63, 3.8) is 0 Å². The van der Waals surface area contributed by atoms with E-state index < -0.39 is 0 Å². The van der Waals surface area contributed by atoms with E-state index in [-0.39, 0.29) is 12.1 Å². The van der Waals surface area contributed by atoms with E-state index in [0.29, 0.717) is 6.54 Å². The molecule has 1 aromatic heterocycles. The van der Waals surface area contributed by atoms with Crippen LogP contribution in [0.15, 0.2) is 0 Å². The van der Waals surface area contributed by atoms with Crippen LogP contribution in [0.25, 0.3) is 0 Å². The van der Waals surface area contributed by atoms with Crippen molar-refractivity contribution in [1.29, 1.82) is 0 Å². The topological polar surface area (TPSA) is 50.1 Å². The van der Waals surface area contributed by atoms with Gasteiger partial charge in [-0.05, 0) is 26.3 Å². The van der Waals surface area contributed by atoms with Crippen molar-refractivity contribution in [2.75, 3.05) is 13.1 Å². The summed E-state index contributed by atoms with van der Waals surface area (Å²) in [6, 6.07) is 0.0994. The lowest BCUT2D eigenvalue weighted by atomic mass is 10.2. The van der Waals surface area contributed by atoms with Crippen molar-refractivity contribution in [2.45, 2.75) is 32.9 Å². The van der Waals surface area contributed by atoms with Gasteiger partial charge in [0.05, 0.1) is 17.8 Å². The van der Waals surface area contributed by atoms with Crippen LogP contribution in [-0.4, -0.2) is 34.1 Å². The van der Waals surface area contributed by atoms with Gasteiger partial charge in [0, 0.05) is 18.8 Å². The zero-order valence-corrected chi connectivity index (χ0v) is 8.91. The summed E-state index contributed by atoms with van der Waals surface area (Å²) in [5.41, 5.74) is 3.45. The van der Waals surface area contributed by atoms with Gasteiger partial charge < -0.3 is 10.4 Å². The van der Waals surface area contributed by atoms with Crippen molar-refractivity contribution >= 4 is 0 Å². The van der Waals surface area contributed by atoms with Gasteiger partial charge in [0.15, 0.2) is 0 Å². The minimum absolute atomic E-state index is 0.0994. The molecule has 2 rings (SSSR count). The molecule has 2 N–H and O–H groups in total. The Bertz CT molecular complexity index is 345. The first-order valence-corrected chi connectivity index (χ1v) is 5.02. The molecule has 0 aromatic carbocycles. The second-order valence-corrected chi connectivity index (χ2v) is 4.03. The van der Waals surface area contributed by atoms with E-state index in [9.17, 15) is 5.11 Å². The Morgan fingerprint density at radius 1 is 1.36 bits per heavy atom. The average molecular weight is 195 g/mol. The number of nitrogens with zero attached hydrogens (tertiary/aromatic N) is 2. The fourth-order valence-electron chi connectivity index (χ4n) is 1.97. The quantitative estimate of drug-likeness (QED) is 0.678. The van der Waals surface area contributed by atoms with Gasteiger partial charge in [-0.15, -0.1) is 0 Å². The highest BCUT2D eigenvalue weighted by atomic mass is 16.3. The standard InChI is InChI=1S/C10H17N3O/c1-6-7(2)12-13(8(6)3)9-4-11-5-10(9)14/h9-11,14H,4-5H2,1-3H3/t9?,10-/m1/s1. The number of aliphatic hydroxyl groups is 1. The highest BCUT2D eigenvalue weighted by Crippen LogP contribution is 2.20. The average Bonchev–Trinajstić information content (AvgIpc) is 2.66. The summed E-state index contributed by atoms with van der Waals surface area (Å²) >= 11 is 0. The van der Waals surface area contributed by atoms with E-state index in [0.717, 1.165) is 17.9 Å². The molecule has 2 atom stereocenters. The molecule has 0 aliphatic carbocycles. The van der Waals surface area contributed by atoms with Crippen molar-refractivity contribution in [2.24, 2.45) is 0 Å². The number of nitrogens with one attached hydrogen (secondary N) is 1. The number of aliphatic hydroxyl groups excluding tert-OH is 1.